The molecule has 12 heteroatoms. The van der Waals surface area contributed by atoms with Gasteiger partial charge in [-0.25, -0.2) is 18.3 Å². The standard InChI is InChI=1S/C20H19N2O.3C19H17N2O/c1-12-8-9-15-19-14(3)21-13(2)11-17(19)23-20(15)18(12)16-7-5-6-10-22(16)4;2*1-12-7-8-14-18-13(2)20-10-9-16(18)22-19(14)17(12)15-6-4-5-11-21(15)3;1-12-7-8-14-15-11-20-13(2)10-17(15)22-19(14)18(12)16-6-4-5-9-21(16)3/h5-11H,1-4H3;3*4-11H,1-3H3/q4*+1/i;2D3;;. The number of aryl methyl sites for hydroxylation is 13. The van der Waals surface area contributed by atoms with Crippen LogP contribution in [0.25, 0.3) is 133 Å². The normalized spacial score (nSPS) is 12.1. The highest BCUT2D eigenvalue weighted by Gasteiger charge is 2.25. The maximum Gasteiger partial charge on any atom is 0.216 e. The van der Waals surface area contributed by atoms with Crippen LogP contribution in [0.2, 0.25) is 0 Å². The van der Waals surface area contributed by atoms with Crippen LogP contribution >= 0.6 is 0 Å². The number of nitrogens with zero attached hydrogens (tertiary/aromatic N) is 8. The van der Waals surface area contributed by atoms with Gasteiger partial charge in [0.15, 0.2) is 24.8 Å². The number of rotatable bonds is 4. The van der Waals surface area contributed by atoms with E-state index in [-0.39, 0.29) is 5.69 Å². The molecule has 0 aliphatic rings. The molecule has 0 bridgehead atoms. The average molecular weight is 1170 g/mol. The largest absolute Gasteiger partial charge is 0.455 e. The minimum absolute atomic E-state index is 0.0796. The lowest BCUT2D eigenvalue weighted by atomic mass is 10.0. The minimum atomic E-state index is -2.29. The second-order valence-electron chi connectivity index (χ2n) is 23.1. The minimum Gasteiger partial charge on any atom is -0.455 e. The fourth-order valence-corrected chi connectivity index (χ4v) is 12.6. The molecule has 12 heterocycles. The number of furan rings is 4. The van der Waals surface area contributed by atoms with Gasteiger partial charge in [-0.05, 0) is 121 Å². The predicted octanol–water partition coefficient (Wildman–Crippen LogP) is 16.7. The van der Waals surface area contributed by atoms with Gasteiger partial charge < -0.3 is 17.7 Å². The summed E-state index contributed by atoms with van der Waals surface area (Å²) in [5, 5.41) is 8.02. The third kappa shape index (κ3) is 10.3. The third-order valence-electron chi connectivity index (χ3n) is 17.0. The Bertz CT molecular complexity index is 5580. The van der Waals surface area contributed by atoms with E-state index in [1.807, 2.05) is 125 Å². The first-order chi connectivity index (χ1) is 44.2. The molecule has 0 saturated heterocycles. The van der Waals surface area contributed by atoms with E-state index in [0.29, 0.717) is 16.6 Å². The third-order valence-corrected chi connectivity index (χ3v) is 17.0. The highest BCUT2D eigenvalue weighted by atomic mass is 16.3. The lowest BCUT2D eigenvalue weighted by Crippen LogP contribution is -2.30. The fourth-order valence-electron chi connectivity index (χ4n) is 12.6. The molecule has 0 atom stereocenters. The van der Waals surface area contributed by atoms with E-state index in [0.717, 1.165) is 145 Å². The van der Waals surface area contributed by atoms with E-state index in [1.54, 1.807) is 12.3 Å². The summed E-state index contributed by atoms with van der Waals surface area (Å²) in [5.74, 6) is 0. The van der Waals surface area contributed by atoms with E-state index in [9.17, 15) is 0 Å². The summed E-state index contributed by atoms with van der Waals surface area (Å²) in [6.45, 7) is 14.2. The Labute approximate surface area is 520 Å². The van der Waals surface area contributed by atoms with Crippen LogP contribution in [0.3, 0.4) is 0 Å². The smallest absolute Gasteiger partial charge is 0.216 e. The summed E-state index contributed by atoms with van der Waals surface area (Å²) < 4.78 is 56.6. The van der Waals surface area contributed by atoms with Crippen LogP contribution in [-0.4, -0.2) is 19.9 Å². The van der Waals surface area contributed by atoms with Crippen LogP contribution in [0, 0.1) is 62.2 Å². The van der Waals surface area contributed by atoms with Crippen molar-refractivity contribution < 1.29 is 40.0 Å². The van der Waals surface area contributed by atoms with Gasteiger partial charge in [-0.3, -0.25) is 19.9 Å². The lowest BCUT2D eigenvalue weighted by Gasteiger charge is -2.05. The van der Waals surface area contributed by atoms with Crippen molar-refractivity contribution in [1.82, 2.24) is 19.9 Å². The SMILES string of the molecule is Cc1cc2oc3c(-c4cccc[n+]4C)c(C)ccc3c2c(C)n1.Cc1cc2oc3c(-c4cccc[n+]4C)c(C)ccc3c2cn1.Cc1ccc2c(oc3ccnc(C)c32)c1-c1cccc[n+]1C.[2H]C([2H])([2H])c1nccc2oc3c(-c4cccc[n+]4C)c(C)ccc3c12. The molecule has 4 aromatic carbocycles. The van der Waals surface area contributed by atoms with Crippen LogP contribution in [0.4, 0.5) is 0 Å². The molecule has 0 saturated carbocycles. The number of fused-ring (bicyclic) bond motifs is 12. The van der Waals surface area contributed by atoms with Crippen LogP contribution in [-0.2, 0) is 28.2 Å². The quantitative estimate of drug-likeness (QED) is 0.160. The van der Waals surface area contributed by atoms with Gasteiger partial charge in [0.05, 0.1) is 22.3 Å². The Morgan fingerprint density at radius 1 is 0.337 bits per heavy atom. The lowest BCUT2D eigenvalue weighted by molar-refractivity contribution is -0.660. The van der Waals surface area contributed by atoms with Gasteiger partial charge in [0.25, 0.3) is 0 Å². The van der Waals surface area contributed by atoms with Crippen molar-refractivity contribution in [2.45, 2.75) is 62.2 Å². The Hall–Kier alpha value is -10.7. The summed E-state index contributed by atoms with van der Waals surface area (Å²) in [7, 11) is 8.16. The molecule has 0 unspecified atom stereocenters. The van der Waals surface area contributed by atoms with Gasteiger partial charge >= 0.3 is 0 Å². The monoisotopic (exact) mass is 1170 g/mol. The second-order valence-corrected chi connectivity index (χ2v) is 23.1. The molecule has 0 aliphatic carbocycles. The van der Waals surface area contributed by atoms with Crippen molar-refractivity contribution >= 4 is 87.8 Å². The van der Waals surface area contributed by atoms with Gasteiger partial charge in [-0.15, -0.1) is 0 Å². The molecule has 0 fully saturated rings. The first-order valence-electron chi connectivity index (χ1n) is 31.2. The molecule has 16 aromatic rings. The molecule has 12 nitrogen and oxygen atoms in total. The van der Waals surface area contributed by atoms with Gasteiger partial charge in [0.1, 0.15) is 72.9 Å². The zero-order chi connectivity index (χ0) is 64.4. The van der Waals surface area contributed by atoms with Crippen LogP contribution in [0.1, 0.15) is 54.8 Å². The number of hydrogen-bond acceptors (Lipinski definition) is 8. The molecular formula is C77H70N8O4+4. The second kappa shape index (κ2) is 23.2. The maximum atomic E-state index is 7.79. The predicted molar refractivity (Wildman–Crippen MR) is 355 cm³/mol. The van der Waals surface area contributed by atoms with Crippen molar-refractivity contribution in [2.75, 3.05) is 0 Å². The highest BCUT2D eigenvalue weighted by molar-refractivity contribution is 6.13. The molecule has 438 valence electrons. The molecule has 89 heavy (non-hydrogen) atoms. The summed E-state index contributed by atoms with van der Waals surface area (Å²) in [5.41, 5.74) is 24.4. The Morgan fingerprint density at radius 2 is 0.697 bits per heavy atom. The van der Waals surface area contributed by atoms with E-state index in [1.165, 1.54) is 22.9 Å². The fraction of sp³-hybridized carbons (Fsp3) is 0.169. The molecule has 0 radical (unpaired) electrons. The summed E-state index contributed by atoms with van der Waals surface area (Å²) >= 11 is 0. The molecular weight excluding hydrogens is 1100 g/mol. The molecule has 12 aromatic heterocycles. The Balaban J connectivity index is 0.000000112. The number of aromatic nitrogens is 8. The van der Waals surface area contributed by atoms with Gasteiger partial charge in [-0.2, -0.15) is 0 Å². The van der Waals surface area contributed by atoms with Crippen molar-refractivity contribution in [1.29, 1.82) is 0 Å². The van der Waals surface area contributed by atoms with Crippen LogP contribution < -0.4 is 18.3 Å². The van der Waals surface area contributed by atoms with E-state index < -0.39 is 6.85 Å². The van der Waals surface area contributed by atoms with Crippen LogP contribution in [0.5, 0.6) is 0 Å². The van der Waals surface area contributed by atoms with Crippen LogP contribution in [0.15, 0.2) is 207 Å². The molecule has 0 N–H and O–H groups in total. The summed E-state index contributed by atoms with van der Waals surface area (Å²) in [6.07, 6.45) is 13.3. The average Bonchev–Trinajstić information content (AvgIpc) is 1.61. The zero-order valence-corrected chi connectivity index (χ0v) is 52.1. The Morgan fingerprint density at radius 3 is 1.12 bits per heavy atom. The molecule has 0 spiro atoms. The highest BCUT2D eigenvalue weighted by Crippen LogP contribution is 2.42. The number of hydrogen-bond donors (Lipinski definition) is 0. The van der Waals surface area contributed by atoms with Gasteiger partial charge in [0, 0.05) is 155 Å². The van der Waals surface area contributed by atoms with E-state index in [4.69, 9.17) is 21.8 Å². The molecule has 0 amide bonds. The maximum absolute atomic E-state index is 7.79. The first-order valence-corrected chi connectivity index (χ1v) is 29.7. The van der Waals surface area contributed by atoms with Crippen molar-refractivity contribution in [3.8, 4) is 45.0 Å². The molecule has 0 aliphatic heterocycles. The van der Waals surface area contributed by atoms with Crippen molar-refractivity contribution in [2.24, 2.45) is 28.2 Å². The van der Waals surface area contributed by atoms with E-state index >= 15 is 0 Å². The van der Waals surface area contributed by atoms with Gasteiger partial charge in [-0.1, -0.05) is 48.5 Å². The topological polar surface area (TPSA) is 120 Å². The zero-order valence-electron chi connectivity index (χ0n) is 55.1. The van der Waals surface area contributed by atoms with Crippen molar-refractivity contribution in [3.05, 3.63) is 240 Å². The van der Waals surface area contributed by atoms with E-state index in [2.05, 4.69) is 167 Å². The Kier molecular flexibility index (Phi) is 14.0. The van der Waals surface area contributed by atoms with Gasteiger partial charge in [0.2, 0.25) is 22.8 Å². The molecule has 16 rings (SSSR count). The number of benzene rings is 4. The first kappa shape index (κ1) is 53.7. The summed E-state index contributed by atoms with van der Waals surface area (Å²) in [4.78, 5) is 17.5. The summed E-state index contributed by atoms with van der Waals surface area (Å²) in [6, 6.07) is 49.1. The number of pyridine rings is 8. The van der Waals surface area contributed by atoms with Crippen molar-refractivity contribution in [3.63, 3.8) is 0 Å².